The Kier molecular flexibility index (Phi) is 3.77. The van der Waals surface area contributed by atoms with Crippen molar-refractivity contribution in [1.82, 2.24) is 0 Å². The second-order valence-corrected chi connectivity index (χ2v) is 7.15. The van der Waals surface area contributed by atoms with Gasteiger partial charge in [-0.3, -0.25) is 4.79 Å². The van der Waals surface area contributed by atoms with Crippen LogP contribution in [0.25, 0.3) is 0 Å². The number of ether oxygens (including phenoxy) is 1. The van der Waals surface area contributed by atoms with Gasteiger partial charge >= 0.3 is 5.97 Å². The van der Waals surface area contributed by atoms with Crippen LogP contribution in [0.4, 0.5) is 0 Å². The third-order valence-corrected chi connectivity index (χ3v) is 6.13. The van der Waals surface area contributed by atoms with Crippen molar-refractivity contribution in [2.75, 3.05) is 7.11 Å². The topological polar surface area (TPSA) is 60.4 Å². The van der Waals surface area contributed by atoms with Crippen molar-refractivity contribution in [3.05, 3.63) is 28.7 Å². The van der Waals surface area contributed by atoms with Crippen LogP contribution in [-0.4, -0.2) is 26.7 Å². The molecule has 1 unspecified atom stereocenters. The van der Waals surface area contributed by atoms with Gasteiger partial charge in [-0.1, -0.05) is 12.1 Å². The number of hydrogen-bond acceptors (Lipinski definition) is 4. The van der Waals surface area contributed by atoms with E-state index in [0.717, 1.165) is 12.8 Å². The number of benzene rings is 1. The summed E-state index contributed by atoms with van der Waals surface area (Å²) in [6.45, 7) is 0. The molecule has 1 aromatic carbocycles. The van der Waals surface area contributed by atoms with E-state index in [4.69, 9.17) is 0 Å². The maximum atomic E-state index is 12.5. The molecular formula is C12H13BrO4S. The van der Waals surface area contributed by atoms with Crippen molar-refractivity contribution < 1.29 is 17.9 Å². The largest absolute Gasteiger partial charge is 0.468 e. The minimum Gasteiger partial charge on any atom is -0.468 e. The zero-order valence-corrected chi connectivity index (χ0v) is 12.2. The standard InChI is InChI=1S/C12H13BrO4S/c1-17-12(14)11(8-6-7-8)18(15,16)10-5-3-2-4-9(10)13/h2-5,8,11H,6-7H2,1H3. The lowest BCUT2D eigenvalue weighted by atomic mass is 10.3. The molecule has 4 nitrogen and oxygen atoms in total. The van der Waals surface area contributed by atoms with Gasteiger partial charge in [0.2, 0.25) is 0 Å². The number of methoxy groups -OCH3 is 1. The number of hydrogen-bond donors (Lipinski definition) is 0. The highest BCUT2D eigenvalue weighted by Gasteiger charge is 2.47. The molecule has 0 amide bonds. The van der Waals surface area contributed by atoms with Crippen molar-refractivity contribution in [2.24, 2.45) is 5.92 Å². The van der Waals surface area contributed by atoms with Gasteiger partial charge in [-0.15, -0.1) is 0 Å². The van der Waals surface area contributed by atoms with E-state index in [0.29, 0.717) is 4.47 Å². The molecule has 1 aromatic rings. The van der Waals surface area contributed by atoms with Crippen LogP contribution >= 0.6 is 15.9 Å². The first-order valence-electron chi connectivity index (χ1n) is 5.54. The summed E-state index contributed by atoms with van der Waals surface area (Å²) >= 11 is 3.21. The van der Waals surface area contributed by atoms with Crippen LogP contribution in [-0.2, 0) is 19.4 Å². The van der Waals surface area contributed by atoms with Crippen LogP contribution in [0.2, 0.25) is 0 Å². The lowest BCUT2D eigenvalue weighted by molar-refractivity contribution is -0.140. The quantitative estimate of drug-likeness (QED) is 0.793. The second-order valence-electron chi connectivity index (χ2n) is 4.26. The molecule has 0 spiro atoms. The smallest absolute Gasteiger partial charge is 0.324 e. The summed E-state index contributed by atoms with van der Waals surface area (Å²) in [7, 11) is -2.49. The molecule has 0 radical (unpaired) electrons. The van der Waals surface area contributed by atoms with Gasteiger partial charge in [0.1, 0.15) is 0 Å². The summed E-state index contributed by atoms with van der Waals surface area (Å²) in [4.78, 5) is 11.9. The Morgan fingerprint density at radius 1 is 1.39 bits per heavy atom. The summed E-state index contributed by atoms with van der Waals surface area (Å²) in [5.74, 6) is -0.789. The van der Waals surface area contributed by atoms with Crippen LogP contribution in [0.1, 0.15) is 12.8 Å². The molecule has 1 fully saturated rings. The first kappa shape index (κ1) is 13.5. The summed E-state index contributed by atoms with van der Waals surface area (Å²) in [6, 6.07) is 6.51. The average Bonchev–Trinajstić information content (AvgIpc) is 3.13. The summed E-state index contributed by atoms with van der Waals surface area (Å²) in [5.41, 5.74) is 0. The van der Waals surface area contributed by atoms with E-state index in [1.165, 1.54) is 13.2 Å². The molecule has 18 heavy (non-hydrogen) atoms. The molecule has 0 bridgehead atoms. The molecule has 0 N–H and O–H groups in total. The van der Waals surface area contributed by atoms with Gasteiger partial charge in [-0.05, 0) is 46.8 Å². The minimum atomic E-state index is -3.70. The van der Waals surface area contributed by atoms with E-state index in [-0.39, 0.29) is 10.8 Å². The zero-order chi connectivity index (χ0) is 13.3. The van der Waals surface area contributed by atoms with Crippen LogP contribution in [0.15, 0.2) is 33.6 Å². The van der Waals surface area contributed by atoms with Crippen LogP contribution in [0.3, 0.4) is 0 Å². The highest BCUT2D eigenvalue weighted by atomic mass is 79.9. The minimum absolute atomic E-state index is 0.116. The second kappa shape index (κ2) is 5.01. The lowest BCUT2D eigenvalue weighted by Crippen LogP contribution is -2.33. The molecule has 1 atom stereocenters. The molecule has 0 heterocycles. The summed E-state index contributed by atoms with van der Waals surface area (Å²) < 4.78 is 30.1. The zero-order valence-electron chi connectivity index (χ0n) is 9.80. The maximum absolute atomic E-state index is 12.5. The van der Waals surface area contributed by atoms with E-state index < -0.39 is 21.1 Å². The molecule has 1 saturated carbocycles. The molecule has 1 aliphatic carbocycles. The first-order chi connectivity index (χ1) is 8.48. The number of halogens is 1. The molecule has 0 aromatic heterocycles. The van der Waals surface area contributed by atoms with Crippen molar-refractivity contribution in [1.29, 1.82) is 0 Å². The van der Waals surface area contributed by atoms with E-state index >= 15 is 0 Å². The summed E-state index contributed by atoms with van der Waals surface area (Å²) in [5, 5.41) is -1.08. The molecule has 6 heteroatoms. The monoisotopic (exact) mass is 332 g/mol. The Hall–Kier alpha value is -0.880. The fraction of sp³-hybridized carbons (Fsp3) is 0.417. The summed E-state index contributed by atoms with van der Waals surface area (Å²) in [6.07, 6.45) is 1.51. The molecule has 1 aliphatic rings. The molecule has 0 saturated heterocycles. The maximum Gasteiger partial charge on any atom is 0.324 e. The fourth-order valence-electron chi connectivity index (χ4n) is 1.90. The van der Waals surface area contributed by atoms with Gasteiger partial charge < -0.3 is 4.74 Å². The Morgan fingerprint density at radius 3 is 2.50 bits per heavy atom. The normalized spacial score (nSPS) is 17.2. The van der Waals surface area contributed by atoms with Crippen LogP contribution < -0.4 is 0 Å². The van der Waals surface area contributed by atoms with Crippen molar-refractivity contribution >= 4 is 31.7 Å². The lowest BCUT2D eigenvalue weighted by Gasteiger charge is -2.15. The highest BCUT2D eigenvalue weighted by Crippen LogP contribution is 2.40. The van der Waals surface area contributed by atoms with Crippen molar-refractivity contribution in [3.8, 4) is 0 Å². The third kappa shape index (κ3) is 2.44. The molecule has 98 valence electrons. The van der Waals surface area contributed by atoms with E-state index in [2.05, 4.69) is 20.7 Å². The predicted octanol–water partition coefficient (Wildman–Crippen LogP) is 2.17. The predicted molar refractivity (Wildman–Crippen MR) is 69.9 cm³/mol. The van der Waals surface area contributed by atoms with Gasteiger partial charge in [0, 0.05) is 4.47 Å². The SMILES string of the molecule is COC(=O)C(C1CC1)S(=O)(=O)c1ccccc1Br. The average molecular weight is 333 g/mol. The Morgan fingerprint density at radius 2 is 2.00 bits per heavy atom. The van der Waals surface area contributed by atoms with Gasteiger partial charge in [-0.25, -0.2) is 8.42 Å². The Balaban J connectivity index is 2.46. The van der Waals surface area contributed by atoms with E-state index in [1.807, 2.05) is 0 Å². The van der Waals surface area contributed by atoms with Gasteiger partial charge in [-0.2, -0.15) is 0 Å². The van der Waals surface area contributed by atoms with Crippen LogP contribution in [0, 0.1) is 5.92 Å². The van der Waals surface area contributed by atoms with Crippen molar-refractivity contribution in [3.63, 3.8) is 0 Å². The Labute approximate surface area is 114 Å². The number of carbonyl (C=O) groups excluding carboxylic acids is 1. The van der Waals surface area contributed by atoms with Crippen LogP contribution in [0.5, 0.6) is 0 Å². The molecule has 2 rings (SSSR count). The van der Waals surface area contributed by atoms with Gasteiger partial charge in [0.15, 0.2) is 15.1 Å². The number of esters is 1. The highest BCUT2D eigenvalue weighted by molar-refractivity contribution is 9.10. The van der Waals surface area contributed by atoms with E-state index in [9.17, 15) is 13.2 Å². The number of carbonyl (C=O) groups is 1. The number of sulfone groups is 1. The van der Waals surface area contributed by atoms with Crippen molar-refractivity contribution in [2.45, 2.75) is 23.0 Å². The third-order valence-electron chi connectivity index (χ3n) is 2.96. The number of rotatable bonds is 4. The van der Waals surface area contributed by atoms with Gasteiger partial charge in [0.05, 0.1) is 12.0 Å². The first-order valence-corrected chi connectivity index (χ1v) is 7.88. The fourth-order valence-corrected chi connectivity index (χ4v) is 4.87. The van der Waals surface area contributed by atoms with E-state index in [1.54, 1.807) is 18.2 Å². The Bertz CT molecular complexity index is 563. The molecule has 0 aliphatic heterocycles. The van der Waals surface area contributed by atoms with Gasteiger partial charge in [0.25, 0.3) is 0 Å². The molecular weight excluding hydrogens is 320 g/mol.